The van der Waals surface area contributed by atoms with Crippen LogP contribution in [0, 0.1) is 6.92 Å². The number of benzene rings is 3. The average molecular weight is 338 g/mol. The molecule has 3 aromatic carbocycles. The monoisotopic (exact) mass is 337 g/mol. The number of aryl methyl sites for hydroxylation is 1. The summed E-state index contributed by atoms with van der Waals surface area (Å²) in [7, 11) is 0. The van der Waals surface area contributed by atoms with Crippen LogP contribution in [0.3, 0.4) is 0 Å². The summed E-state index contributed by atoms with van der Waals surface area (Å²) < 4.78 is 5.87. The minimum atomic E-state index is 0.467. The van der Waals surface area contributed by atoms with Crippen molar-refractivity contribution in [3.05, 3.63) is 94.5 Å². The van der Waals surface area contributed by atoms with Crippen LogP contribution >= 0.6 is 11.6 Å². The highest BCUT2D eigenvalue weighted by Crippen LogP contribution is 2.20. The minimum Gasteiger partial charge on any atom is -0.489 e. The maximum atomic E-state index is 6.16. The highest BCUT2D eigenvalue weighted by molar-refractivity contribution is 6.31. The summed E-state index contributed by atoms with van der Waals surface area (Å²) >= 11 is 6.16. The van der Waals surface area contributed by atoms with Crippen LogP contribution in [0.15, 0.2) is 72.8 Å². The second-order valence-corrected chi connectivity index (χ2v) is 6.16. The molecule has 0 bridgehead atoms. The van der Waals surface area contributed by atoms with Gasteiger partial charge in [0.1, 0.15) is 12.4 Å². The maximum Gasteiger partial charge on any atom is 0.120 e. The summed E-state index contributed by atoms with van der Waals surface area (Å²) in [6.45, 7) is 3.32. The van der Waals surface area contributed by atoms with Gasteiger partial charge >= 0.3 is 0 Å². The molecule has 0 aliphatic heterocycles. The van der Waals surface area contributed by atoms with Gasteiger partial charge in [-0.25, -0.2) is 0 Å². The lowest BCUT2D eigenvalue weighted by Gasteiger charge is -2.11. The summed E-state index contributed by atoms with van der Waals surface area (Å²) in [5.41, 5.74) is 4.53. The van der Waals surface area contributed by atoms with Crippen molar-refractivity contribution in [2.24, 2.45) is 0 Å². The van der Waals surface area contributed by atoms with Crippen LogP contribution in [0.25, 0.3) is 0 Å². The molecular weight excluding hydrogens is 318 g/mol. The molecule has 0 spiro atoms. The molecule has 122 valence electrons. The van der Waals surface area contributed by atoms with Gasteiger partial charge in [0.05, 0.1) is 0 Å². The fourth-order valence-electron chi connectivity index (χ4n) is 2.48. The lowest BCUT2D eigenvalue weighted by Crippen LogP contribution is -2.01. The smallest absolute Gasteiger partial charge is 0.120 e. The Morgan fingerprint density at radius 3 is 2.58 bits per heavy atom. The largest absolute Gasteiger partial charge is 0.489 e. The van der Waals surface area contributed by atoms with Crippen molar-refractivity contribution in [2.75, 3.05) is 5.32 Å². The van der Waals surface area contributed by atoms with Crippen LogP contribution < -0.4 is 10.1 Å². The number of hydrogen-bond donors (Lipinski definition) is 1. The second kappa shape index (κ2) is 7.89. The van der Waals surface area contributed by atoms with E-state index < -0.39 is 0 Å². The van der Waals surface area contributed by atoms with Crippen molar-refractivity contribution in [3.63, 3.8) is 0 Å². The Labute approximate surface area is 148 Å². The third-order valence-electron chi connectivity index (χ3n) is 3.77. The molecule has 0 fully saturated rings. The Bertz CT molecular complexity index is 816. The van der Waals surface area contributed by atoms with Crippen molar-refractivity contribution in [2.45, 2.75) is 20.1 Å². The topological polar surface area (TPSA) is 21.3 Å². The molecular formula is C21H20ClNO. The van der Waals surface area contributed by atoms with E-state index in [-0.39, 0.29) is 0 Å². The number of anilines is 1. The van der Waals surface area contributed by atoms with E-state index in [4.69, 9.17) is 16.3 Å². The molecule has 0 atom stereocenters. The Kier molecular flexibility index (Phi) is 5.39. The van der Waals surface area contributed by atoms with Gasteiger partial charge in [0.2, 0.25) is 0 Å². The summed E-state index contributed by atoms with van der Waals surface area (Å²) in [4.78, 5) is 0. The Hall–Kier alpha value is -2.45. The third kappa shape index (κ3) is 4.53. The van der Waals surface area contributed by atoms with Crippen molar-refractivity contribution >= 4 is 17.3 Å². The zero-order chi connectivity index (χ0) is 16.8. The summed E-state index contributed by atoms with van der Waals surface area (Å²) in [6, 6.07) is 24.2. The SMILES string of the molecule is Cc1cccc(NCc2cccc(OCc3ccccc3Cl)c2)c1. The summed E-state index contributed by atoms with van der Waals surface area (Å²) in [5.74, 6) is 0.846. The van der Waals surface area contributed by atoms with E-state index in [2.05, 4.69) is 48.6 Å². The van der Waals surface area contributed by atoms with Gasteiger partial charge in [0.15, 0.2) is 0 Å². The van der Waals surface area contributed by atoms with E-state index in [1.54, 1.807) is 0 Å². The molecule has 3 heteroatoms. The normalized spacial score (nSPS) is 10.4. The van der Waals surface area contributed by atoms with E-state index >= 15 is 0 Å². The van der Waals surface area contributed by atoms with Gasteiger partial charge < -0.3 is 10.1 Å². The molecule has 0 amide bonds. The predicted molar refractivity (Wildman–Crippen MR) is 101 cm³/mol. The fourth-order valence-corrected chi connectivity index (χ4v) is 2.67. The van der Waals surface area contributed by atoms with E-state index in [0.29, 0.717) is 6.61 Å². The lowest BCUT2D eigenvalue weighted by atomic mass is 10.2. The minimum absolute atomic E-state index is 0.467. The van der Waals surface area contributed by atoms with Gasteiger partial charge in [0, 0.05) is 22.8 Å². The van der Waals surface area contributed by atoms with Crippen LogP contribution in [0.2, 0.25) is 5.02 Å². The van der Waals surface area contributed by atoms with Crippen LogP contribution in [0.4, 0.5) is 5.69 Å². The first-order chi connectivity index (χ1) is 11.7. The van der Waals surface area contributed by atoms with Gasteiger partial charge in [-0.2, -0.15) is 0 Å². The van der Waals surface area contributed by atoms with Gasteiger partial charge in [-0.05, 0) is 48.4 Å². The Morgan fingerprint density at radius 2 is 1.75 bits per heavy atom. The van der Waals surface area contributed by atoms with Crippen LogP contribution in [-0.4, -0.2) is 0 Å². The van der Waals surface area contributed by atoms with Gasteiger partial charge in [0.25, 0.3) is 0 Å². The number of ether oxygens (including phenoxy) is 1. The van der Waals surface area contributed by atoms with E-state index in [1.165, 1.54) is 11.1 Å². The number of halogens is 1. The number of nitrogens with one attached hydrogen (secondary N) is 1. The first-order valence-corrected chi connectivity index (χ1v) is 8.34. The van der Waals surface area contributed by atoms with Crippen LogP contribution in [-0.2, 0) is 13.2 Å². The zero-order valence-corrected chi connectivity index (χ0v) is 14.4. The molecule has 2 nitrogen and oxygen atoms in total. The fraction of sp³-hybridized carbons (Fsp3) is 0.143. The third-order valence-corrected chi connectivity index (χ3v) is 4.13. The maximum absolute atomic E-state index is 6.16. The summed E-state index contributed by atoms with van der Waals surface area (Å²) in [5, 5.41) is 4.17. The number of hydrogen-bond acceptors (Lipinski definition) is 2. The van der Waals surface area contributed by atoms with Crippen LogP contribution in [0.1, 0.15) is 16.7 Å². The molecule has 3 rings (SSSR count). The first-order valence-electron chi connectivity index (χ1n) is 7.96. The quantitative estimate of drug-likeness (QED) is 0.610. The number of rotatable bonds is 6. The average Bonchev–Trinajstić information content (AvgIpc) is 2.60. The molecule has 0 radical (unpaired) electrons. The van der Waals surface area contributed by atoms with Gasteiger partial charge in [-0.15, -0.1) is 0 Å². The van der Waals surface area contributed by atoms with Crippen molar-refractivity contribution in [1.82, 2.24) is 0 Å². The highest BCUT2D eigenvalue weighted by Gasteiger charge is 2.02. The van der Waals surface area contributed by atoms with Crippen LogP contribution in [0.5, 0.6) is 5.75 Å². The van der Waals surface area contributed by atoms with Gasteiger partial charge in [-0.1, -0.05) is 54.1 Å². The zero-order valence-electron chi connectivity index (χ0n) is 13.6. The molecule has 0 aliphatic carbocycles. The van der Waals surface area contributed by atoms with E-state index in [0.717, 1.165) is 28.6 Å². The first kappa shape index (κ1) is 16.4. The molecule has 0 heterocycles. The molecule has 0 saturated carbocycles. The molecule has 0 unspecified atom stereocenters. The predicted octanol–water partition coefficient (Wildman–Crippen LogP) is 5.84. The molecule has 0 saturated heterocycles. The van der Waals surface area contributed by atoms with Crippen molar-refractivity contribution in [1.29, 1.82) is 0 Å². The van der Waals surface area contributed by atoms with E-state index in [9.17, 15) is 0 Å². The molecule has 24 heavy (non-hydrogen) atoms. The standard InChI is InChI=1S/C21H20ClNO/c1-16-6-4-9-19(12-16)23-14-17-7-5-10-20(13-17)24-15-18-8-2-3-11-21(18)22/h2-13,23H,14-15H2,1H3. The highest BCUT2D eigenvalue weighted by atomic mass is 35.5. The molecule has 3 aromatic rings. The molecule has 1 N–H and O–H groups in total. The molecule has 0 aromatic heterocycles. The Morgan fingerprint density at radius 1 is 0.917 bits per heavy atom. The van der Waals surface area contributed by atoms with Crippen molar-refractivity contribution in [3.8, 4) is 5.75 Å². The van der Waals surface area contributed by atoms with Gasteiger partial charge in [-0.3, -0.25) is 0 Å². The summed E-state index contributed by atoms with van der Waals surface area (Å²) in [6.07, 6.45) is 0. The Balaban J connectivity index is 1.60. The lowest BCUT2D eigenvalue weighted by molar-refractivity contribution is 0.306. The molecule has 0 aliphatic rings. The second-order valence-electron chi connectivity index (χ2n) is 5.75. The van der Waals surface area contributed by atoms with E-state index in [1.807, 2.05) is 36.4 Å². The van der Waals surface area contributed by atoms with Crippen molar-refractivity contribution < 1.29 is 4.74 Å².